The van der Waals surface area contributed by atoms with E-state index in [9.17, 15) is 0 Å². The van der Waals surface area contributed by atoms with Gasteiger partial charge in [-0.15, -0.1) is 0 Å². The summed E-state index contributed by atoms with van der Waals surface area (Å²) in [6.45, 7) is 14.4. The van der Waals surface area contributed by atoms with Crippen molar-refractivity contribution in [3.8, 4) is 0 Å². The molecule has 0 aromatic heterocycles. The maximum atomic E-state index is 4.70. The first-order chi connectivity index (χ1) is 6.86. The quantitative estimate of drug-likeness (QED) is 0.668. The number of thiol groups is 1. The lowest BCUT2D eigenvalue weighted by atomic mass is 9.70. The average molecular weight is 228 g/mol. The summed E-state index contributed by atoms with van der Waals surface area (Å²) in [5, 5.41) is 0.538. The normalized spacial score (nSPS) is 48.2. The highest BCUT2D eigenvalue weighted by Crippen LogP contribution is 2.57. The Hall–Kier alpha value is 0.350. The monoisotopic (exact) mass is 228 g/mol. The van der Waals surface area contributed by atoms with Crippen molar-refractivity contribution in [1.29, 1.82) is 0 Å². The molecule has 90 valence electrons. The van der Waals surface area contributed by atoms with Crippen LogP contribution in [-0.4, -0.2) is 5.25 Å². The fourth-order valence-electron chi connectivity index (χ4n) is 4.09. The van der Waals surface area contributed by atoms with Crippen LogP contribution < -0.4 is 0 Å². The minimum absolute atomic E-state index is 0.538. The van der Waals surface area contributed by atoms with Gasteiger partial charge in [0.25, 0.3) is 0 Å². The van der Waals surface area contributed by atoms with Crippen molar-refractivity contribution in [1.82, 2.24) is 0 Å². The summed E-state index contributed by atoms with van der Waals surface area (Å²) in [6.07, 6.45) is 2.68. The molecule has 0 N–H and O–H groups in total. The predicted octanol–water partition coefficient (Wildman–Crippen LogP) is 4.65. The first kappa shape index (κ1) is 13.4. The van der Waals surface area contributed by atoms with Crippen LogP contribution in [0, 0.1) is 29.1 Å². The Morgan fingerprint density at radius 3 is 2.07 bits per heavy atom. The Morgan fingerprint density at radius 1 is 1.20 bits per heavy atom. The van der Waals surface area contributed by atoms with Gasteiger partial charge in [-0.3, -0.25) is 0 Å². The van der Waals surface area contributed by atoms with E-state index in [4.69, 9.17) is 12.6 Å². The second kappa shape index (κ2) is 4.69. The van der Waals surface area contributed by atoms with Gasteiger partial charge in [0.1, 0.15) is 0 Å². The van der Waals surface area contributed by atoms with Crippen molar-refractivity contribution in [2.75, 3.05) is 0 Å². The molecule has 1 aliphatic rings. The van der Waals surface area contributed by atoms with Crippen LogP contribution in [0.15, 0.2) is 0 Å². The molecule has 0 bridgehead atoms. The highest BCUT2D eigenvalue weighted by atomic mass is 32.1. The van der Waals surface area contributed by atoms with Gasteiger partial charge in [0.05, 0.1) is 0 Å². The van der Waals surface area contributed by atoms with Crippen LogP contribution in [0.1, 0.15) is 54.4 Å². The fraction of sp³-hybridized carbons (Fsp3) is 1.00. The largest absolute Gasteiger partial charge is 0.176 e. The molecule has 0 aromatic rings. The van der Waals surface area contributed by atoms with Crippen LogP contribution in [0.2, 0.25) is 0 Å². The van der Waals surface area contributed by atoms with Crippen molar-refractivity contribution in [2.24, 2.45) is 29.1 Å². The molecule has 0 spiro atoms. The van der Waals surface area contributed by atoms with E-state index >= 15 is 0 Å². The Bertz CT molecular complexity index is 211. The van der Waals surface area contributed by atoms with Crippen LogP contribution >= 0.6 is 12.6 Å². The Balaban J connectivity index is 2.93. The summed E-state index contributed by atoms with van der Waals surface area (Å²) in [5.74, 6) is 3.27. The van der Waals surface area contributed by atoms with Gasteiger partial charge in [-0.1, -0.05) is 48.0 Å². The number of rotatable bonds is 3. The molecule has 0 amide bonds. The maximum absolute atomic E-state index is 4.70. The van der Waals surface area contributed by atoms with Gasteiger partial charge in [-0.05, 0) is 35.5 Å². The molecule has 15 heavy (non-hydrogen) atoms. The molecule has 0 heterocycles. The zero-order chi connectivity index (χ0) is 11.8. The summed E-state index contributed by atoms with van der Waals surface area (Å²) in [5.41, 5.74) is 0.538. The minimum Gasteiger partial charge on any atom is -0.176 e. The van der Waals surface area contributed by atoms with Crippen LogP contribution in [0.5, 0.6) is 0 Å². The van der Waals surface area contributed by atoms with Crippen molar-refractivity contribution < 1.29 is 0 Å². The van der Waals surface area contributed by atoms with Gasteiger partial charge >= 0.3 is 0 Å². The first-order valence-electron chi connectivity index (χ1n) is 6.54. The Morgan fingerprint density at radius 2 is 1.73 bits per heavy atom. The van der Waals surface area contributed by atoms with E-state index in [2.05, 4.69) is 41.5 Å². The minimum atomic E-state index is 0.538. The molecular formula is C14H28S. The van der Waals surface area contributed by atoms with Gasteiger partial charge < -0.3 is 0 Å². The van der Waals surface area contributed by atoms with E-state index < -0.39 is 0 Å². The van der Waals surface area contributed by atoms with Crippen molar-refractivity contribution in [3.05, 3.63) is 0 Å². The molecule has 0 saturated heterocycles. The zero-order valence-corrected chi connectivity index (χ0v) is 12.1. The van der Waals surface area contributed by atoms with Gasteiger partial charge in [0.2, 0.25) is 0 Å². The smallest absolute Gasteiger partial charge is 0.00221 e. The van der Waals surface area contributed by atoms with Crippen LogP contribution in [0.3, 0.4) is 0 Å². The summed E-state index contributed by atoms with van der Waals surface area (Å²) in [7, 11) is 0. The van der Waals surface area contributed by atoms with Gasteiger partial charge in [-0.25, -0.2) is 0 Å². The van der Waals surface area contributed by atoms with E-state index in [0.29, 0.717) is 10.7 Å². The third kappa shape index (κ3) is 2.09. The standard InChI is InChI=1S/C14H28S/c1-7-8-14(6)10(3)9(2)13(11(14)4)12(5)15/h9-13,15H,7-8H2,1-6H3. The second-order valence-electron chi connectivity index (χ2n) is 6.01. The average Bonchev–Trinajstić information content (AvgIpc) is 2.30. The van der Waals surface area contributed by atoms with Crippen LogP contribution in [0.4, 0.5) is 0 Å². The molecule has 6 atom stereocenters. The number of hydrogen-bond acceptors (Lipinski definition) is 1. The summed E-state index contributed by atoms with van der Waals surface area (Å²) in [6, 6.07) is 0. The molecule has 6 unspecified atom stereocenters. The lowest BCUT2D eigenvalue weighted by Crippen LogP contribution is -2.28. The van der Waals surface area contributed by atoms with E-state index in [1.807, 2.05) is 0 Å². The molecular weight excluding hydrogens is 200 g/mol. The highest BCUT2D eigenvalue weighted by molar-refractivity contribution is 7.80. The third-order valence-electron chi connectivity index (χ3n) is 5.40. The molecule has 0 aliphatic heterocycles. The Kier molecular flexibility index (Phi) is 4.20. The second-order valence-corrected chi connectivity index (χ2v) is 6.82. The molecule has 1 saturated carbocycles. The lowest BCUT2D eigenvalue weighted by Gasteiger charge is -2.35. The highest BCUT2D eigenvalue weighted by Gasteiger charge is 2.51. The molecule has 1 rings (SSSR count). The van der Waals surface area contributed by atoms with E-state index in [1.54, 1.807) is 0 Å². The maximum Gasteiger partial charge on any atom is 0.00221 e. The van der Waals surface area contributed by atoms with E-state index in [0.717, 1.165) is 23.7 Å². The molecule has 1 fully saturated rings. The Labute approximate surface area is 102 Å². The van der Waals surface area contributed by atoms with Gasteiger partial charge in [0.15, 0.2) is 0 Å². The lowest BCUT2D eigenvalue weighted by molar-refractivity contribution is 0.145. The van der Waals surface area contributed by atoms with Crippen molar-refractivity contribution in [2.45, 2.75) is 59.6 Å². The van der Waals surface area contributed by atoms with E-state index in [1.165, 1.54) is 12.8 Å². The van der Waals surface area contributed by atoms with Crippen LogP contribution in [0.25, 0.3) is 0 Å². The fourth-order valence-corrected chi connectivity index (χ4v) is 4.62. The number of hydrogen-bond donors (Lipinski definition) is 1. The zero-order valence-electron chi connectivity index (χ0n) is 11.2. The summed E-state index contributed by atoms with van der Waals surface area (Å²) in [4.78, 5) is 0. The molecule has 0 aromatic carbocycles. The first-order valence-corrected chi connectivity index (χ1v) is 7.06. The SMILES string of the molecule is CCCC1(C)C(C)C(C)C(C(C)S)C1C. The third-order valence-corrected chi connectivity index (χ3v) is 5.74. The predicted molar refractivity (Wildman–Crippen MR) is 72.4 cm³/mol. The van der Waals surface area contributed by atoms with Crippen molar-refractivity contribution in [3.63, 3.8) is 0 Å². The van der Waals surface area contributed by atoms with Crippen molar-refractivity contribution >= 4 is 12.6 Å². The summed E-state index contributed by atoms with van der Waals surface area (Å²) >= 11 is 4.70. The molecule has 0 radical (unpaired) electrons. The molecule has 1 aliphatic carbocycles. The van der Waals surface area contributed by atoms with Gasteiger partial charge in [0, 0.05) is 5.25 Å². The molecule has 1 heteroatoms. The van der Waals surface area contributed by atoms with Crippen LogP contribution in [-0.2, 0) is 0 Å². The molecule has 0 nitrogen and oxygen atoms in total. The summed E-state index contributed by atoms with van der Waals surface area (Å²) < 4.78 is 0. The van der Waals surface area contributed by atoms with Gasteiger partial charge in [-0.2, -0.15) is 12.6 Å². The van der Waals surface area contributed by atoms with E-state index in [-0.39, 0.29) is 0 Å². The topological polar surface area (TPSA) is 0 Å².